The van der Waals surface area contributed by atoms with E-state index in [-0.39, 0.29) is 5.82 Å². The van der Waals surface area contributed by atoms with Gasteiger partial charge in [-0.05, 0) is 49.9 Å². The zero-order chi connectivity index (χ0) is 17.8. The van der Waals surface area contributed by atoms with Crippen molar-refractivity contribution >= 4 is 5.84 Å². The number of hydrogen-bond acceptors (Lipinski definition) is 4. The van der Waals surface area contributed by atoms with E-state index in [4.69, 9.17) is 4.74 Å². The number of nitrogens with zero attached hydrogens (tertiary/aromatic N) is 3. The van der Waals surface area contributed by atoms with Gasteiger partial charge >= 0.3 is 0 Å². The van der Waals surface area contributed by atoms with Crippen LogP contribution in [-0.2, 0) is 0 Å². The highest BCUT2D eigenvalue weighted by atomic mass is 19.1. The SMILES string of the molecule is Cc1ccc(/C(=N/O)N2CCC(C)CC2)c(Oc2cccc(F)c2)n1. The molecule has 132 valence electrons. The summed E-state index contributed by atoms with van der Waals surface area (Å²) in [5.41, 5.74) is 1.35. The lowest BCUT2D eigenvalue weighted by Gasteiger charge is -2.32. The minimum atomic E-state index is -0.382. The van der Waals surface area contributed by atoms with E-state index in [1.165, 1.54) is 12.1 Å². The highest BCUT2D eigenvalue weighted by Crippen LogP contribution is 2.27. The number of amidine groups is 1. The van der Waals surface area contributed by atoms with Crippen molar-refractivity contribution in [2.75, 3.05) is 13.1 Å². The summed E-state index contributed by atoms with van der Waals surface area (Å²) in [5.74, 6) is 1.37. The molecule has 1 aromatic carbocycles. The Hall–Kier alpha value is -2.63. The van der Waals surface area contributed by atoms with Crippen molar-refractivity contribution in [3.8, 4) is 11.6 Å². The Morgan fingerprint density at radius 2 is 2.04 bits per heavy atom. The number of rotatable bonds is 3. The van der Waals surface area contributed by atoms with Crippen LogP contribution in [-0.4, -0.2) is 34.0 Å². The van der Waals surface area contributed by atoms with Gasteiger partial charge in [0.25, 0.3) is 0 Å². The second-order valence-electron chi connectivity index (χ2n) is 6.46. The lowest BCUT2D eigenvalue weighted by atomic mass is 9.98. The van der Waals surface area contributed by atoms with Gasteiger partial charge in [0.1, 0.15) is 11.6 Å². The maximum atomic E-state index is 13.4. The molecule has 1 N–H and O–H groups in total. The molecule has 0 amide bonds. The van der Waals surface area contributed by atoms with Gasteiger partial charge in [-0.25, -0.2) is 9.37 Å². The number of hydrogen-bond donors (Lipinski definition) is 1. The fraction of sp³-hybridized carbons (Fsp3) is 0.368. The minimum absolute atomic E-state index is 0.303. The number of oxime groups is 1. The Bertz CT molecular complexity index is 771. The Morgan fingerprint density at radius 3 is 2.72 bits per heavy atom. The van der Waals surface area contributed by atoms with Crippen LogP contribution in [0.4, 0.5) is 4.39 Å². The van der Waals surface area contributed by atoms with Crippen molar-refractivity contribution in [3.05, 3.63) is 53.5 Å². The number of benzene rings is 1. The molecule has 2 heterocycles. The standard InChI is InChI=1S/C19H22FN3O2/c1-13-8-10-23(11-9-13)18(22-24)17-7-6-14(2)21-19(17)25-16-5-3-4-15(20)12-16/h3-7,12-13,24H,8-11H2,1-2H3/b22-18-. The molecule has 0 spiro atoms. The van der Waals surface area contributed by atoms with Gasteiger partial charge in [-0.1, -0.05) is 18.1 Å². The molecule has 2 aromatic rings. The molecule has 6 heteroatoms. The fourth-order valence-electron chi connectivity index (χ4n) is 2.93. The average molecular weight is 343 g/mol. The van der Waals surface area contributed by atoms with Crippen LogP contribution in [0.1, 0.15) is 31.0 Å². The third-order valence-corrected chi connectivity index (χ3v) is 4.43. The number of piperidine rings is 1. The van der Waals surface area contributed by atoms with Crippen molar-refractivity contribution in [2.24, 2.45) is 11.1 Å². The Morgan fingerprint density at radius 1 is 1.28 bits per heavy atom. The second-order valence-corrected chi connectivity index (χ2v) is 6.46. The predicted molar refractivity (Wildman–Crippen MR) is 93.7 cm³/mol. The molecular formula is C19H22FN3O2. The number of likely N-dealkylation sites (tertiary alicyclic amines) is 1. The summed E-state index contributed by atoms with van der Waals surface area (Å²) in [4.78, 5) is 6.45. The second kappa shape index (κ2) is 7.51. The summed E-state index contributed by atoms with van der Waals surface area (Å²) in [6.07, 6.45) is 2.08. The van der Waals surface area contributed by atoms with Gasteiger partial charge in [0.15, 0.2) is 5.84 Å². The lowest BCUT2D eigenvalue weighted by molar-refractivity contribution is 0.257. The van der Waals surface area contributed by atoms with Gasteiger partial charge in [-0.15, -0.1) is 0 Å². The first-order chi connectivity index (χ1) is 12.1. The quantitative estimate of drug-likeness (QED) is 0.393. The highest BCUT2D eigenvalue weighted by molar-refractivity contribution is 6.00. The van der Waals surface area contributed by atoms with Gasteiger partial charge in [0, 0.05) is 24.8 Å². The largest absolute Gasteiger partial charge is 0.438 e. The monoisotopic (exact) mass is 343 g/mol. The molecule has 0 aliphatic carbocycles. The van der Waals surface area contributed by atoms with Crippen LogP contribution in [0.5, 0.6) is 11.6 Å². The van der Waals surface area contributed by atoms with E-state index in [9.17, 15) is 9.60 Å². The van der Waals surface area contributed by atoms with Crippen molar-refractivity contribution in [1.82, 2.24) is 9.88 Å². The van der Waals surface area contributed by atoms with E-state index in [1.54, 1.807) is 12.1 Å². The van der Waals surface area contributed by atoms with Crippen LogP contribution in [0.15, 0.2) is 41.6 Å². The number of ether oxygens (including phenoxy) is 1. The van der Waals surface area contributed by atoms with Crippen LogP contribution in [0, 0.1) is 18.7 Å². The first kappa shape index (κ1) is 17.2. The smallest absolute Gasteiger partial charge is 0.230 e. The topological polar surface area (TPSA) is 58.0 Å². The molecule has 0 bridgehead atoms. The third-order valence-electron chi connectivity index (χ3n) is 4.43. The molecule has 1 fully saturated rings. The van der Waals surface area contributed by atoms with Gasteiger partial charge in [0.2, 0.25) is 5.88 Å². The van der Waals surface area contributed by atoms with E-state index < -0.39 is 0 Å². The summed E-state index contributed by atoms with van der Waals surface area (Å²) in [5, 5.41) is 13.1. The van der Waals surface area contributed by atoms with Crippen LogP contribution in [0.3, 0.4) is 0 Å². The van der Waals surface area contributed by atoms with Crippen molar-refractivity contribution in [1.29, 1.82) is 0 Å². The number of halogens is 1. The zero-order valence-corrected chi connectivity index (χ0v) is 14.4. The molecule has 1 aliphatic heterocycles. The number of aromatic nitrogens is 1. The van der Waals surface area contributed by atoms with Gasteiger partial charge in [0.05, 0.1) is 5.56 Å². The summed E-state index contributed by atoms with van der Waals surface area (Å²) >= 11 is 0. The summed E-state index contributed by atoms with van der Waals surface area (Å²) in [6.45, 7) is 5.70. The third kappa shape index (κ3) is 4.07. The summed E-state index contributed by atoms with van der Waals surface area (Å²) < 4.78 is 19.2. The van der Waals surface area contributed by atoms with Crippen LogP contribution < -0.4 is 4.74 Å². The van der Waals surface area contributed by atoms with Crippen molar-refractivity contribution in [3.63, 3.8) is 0 Å². The Balaban J connectivity index is 1.92. The molecule has 0 saturated carbocycles. The molecule has 1 saturated heterocycles. The van der Waals surface area contributed by atoms with E-state index in [0.29, 0.717) is 28.9 Å². The number of aryl methyl sites for hydroxylation is 1. The molecule has 1 aromatic heterocycles. The van der Waals surface area contributed by atoms with Crippen molar-refractivity contribution in [2.45, 2.75) is 26.7 Å². The summed E-state index contributed by atoms with van der Waals surface area (Å²) in [6, 6.07) is 9.55. The lowest BCUT2D eigenvalue weighted by Crippen LogP contribution is -2.38. The van der Waals surface area contributed by atoms with E-state index in [0.717, 1.165) is 31.6 Å². The van der Waals surface area contributed by atoms with Crippen LogP contribution in [0.2, 0.25) is 0 Å². The molecular weight excluding hydrogens is 321 g/mol. The van der Waals surface area contributed by atoms with Gasteiger partial charge in [-0.2, -0.15) is 0 Å². The first-order valence-electron chi connectivity index (χ1n) is 8.45. The number of pyridine rings is 1. The normalized spacial score (nSPS) is 16.1. The molecule has 1 aliphatic rings. The van der Waals surface area contributed by atoms with E-state index >= 15 is 0 Å². The van der Waals surface area contributed by atoms with Crippen LogP contribution in [0.25, 0.3) is 0 Å². The first-order valence-corrected chi connectivity index (χ1v) is 8.45. The van der Waals surface area contributed by atoms with Gasteiger partial charge in [-0.3, -0.25) is 0 Å². The zero-order valence-electron chi connectivity index (χ0n) is 14.4. The Kier molecular flexibility index (Phi) is 5.16. The summed E-state index contributed by atoms with van der Waals surface area (Å²) in [7, 11) is 0. The average Bonchev–Trinajstić information content (AvgIpc) is 2.59. The molecule has 0 atom stereocenters. The minimum Gasteiger partial charge on any atom is -0.438 e. The van der Waals surface area contributed by atoms with Crippen molar-refractivity contribution < 1.29 is 14.3 Å². The molecule has 3 rings (SSSR count). The highest BCUT2D eigenvalue weighted by Gasteiger charge is 2.24. The van der Waals surface area contributed by atoms with Crippen LogP contribution >= 0.6 is 0 Å². The maximum Gasteiger partial charge on any atom is 0.230 e. The van der Waals surface area contributed by atoms with Gasteiger partial charge < -0.3 is 14.8 Å². The molecule has 25 heavy (non-hydrogen) atoms. The molecule has 0 unspecified atom stereocenters. The fourth-order valence-corrected chi connectivity index (χ4v) is 2.93. The van der Waals surface area contributed by atoms with E-state index in [1.807, 2.05) is 24.0 Å². The predicted octanol–water partition coefficient (Wildman–Crippen LogP) is 4.19. The van der Waals surface area contributed by atoms with E-state index in [2.05, 4.69) is 17.1 Å². The molecule has 0 radical (unpaired) electrons. The Labute approximate surface area is 146 Å². The maximum absolute atomic E-state index is 13.4. The molecule has 5 nitrogen and oxygen atoms in total.